The fourth-order valence-corrected chi connectivity index (χ4v) is 13.4. The van der Waals surface area contributed by atoms with E-state index in [1.807, 2.05) is 17.8 Å². The van der Waals surface area contributed by atoms with Gasteiger partial charge in [0.25, 0.3) is 0 Å². The lowest BCUT2D eigenvalue weighted by molar-refractivity contribution is 0.332. The number of aryl methyl sites for hydroxylation is 1. The lowest BCUT2D eigenvalue weighted by Gasteiger charge is -2.42. The molecule has 332 valence electrons. The van der Waals surface area contributed by atoms with Crippen LogP contribution < -0.4 is 9.80 Å². The topological polar surface area (TPSA) is 19.6 Å². The summed E-state index contributed by atoms with van der Waals surface area (Å²) < 4.78 is 8.10. The van der Waals surface area contributed by atoms with Crippen molar-refractivity contribution < 1.29 is 4.42 Å². The van der Waals surface area contributed by atoms with Gasteiger partial charge in [-0.05, 0) is 136 Å². The zero-order chi connectivity index (χ0) is 46.1. The van der Waals surface area contributed by atoms with E-state index in [9.17, 15) is 0 Å². The number of para-hydroxylation sites is 2. The van der Waals surface area contributed by atoms with Crippen molar-refractivity contribution in [3.05, 3.63) is 177 Å². The smallest absolute Gasteiger partial charge is 0.159 e. The fourth-order valence-electron chi connectivity index (χ4n) is 10.7. The first kappa shape index (κ1) is 43.1. The number of furan rings is 1. The Morgan fingerprint density at radius 3 is 1.95 bits per heavy atom. The monoisotopic (exact) mass is 920 g/mol. The molecule has 1 aliphatic heterocycles. The minimum absolute atomic E-state index is 0.0174. The number of anilines is 6. The number of halogens is 1. The Kier molecular flexibility index (Phi) is 9.99. The highest BCUT2D eigenvalue weighted by Crippen LogP contribution is 2.55. The van der Waals surface area contributed by atoms with E-state index in [0.29, 0.717) is 5.02 Å². The molecule has 2 aliphatic rings. The van der Waals surface area contributed by atoms with Gasteiger partial charge in [-0.2, -0.15) is 0 Å². The number of benzene rings is 7. The van der Waals surface area contributed by atoms with E-state index in [4.69, 9.17) is 16.0 Å². The van der Waals surface area contributed by atoms with Crippen LogP contribution in [-0.2, 0) is 21.7 Å². The number of nitrogens with zero attached hydrogens (tertiary/aromatic N) is 2. The Hall–Kier alpha value is -5.46. The molecule has 1 aliphatic carbocycles. The molecule has 0 atom stereocenters. The molecule has 6 heteroatoms. The van der Waals surface area contributed by atoms with Crippen LogP contribution in [-0.4, -0.2) is 0 Å². The third kappa shape index (κ3) is 6.90. The molecular weight excluding hydrogens is 864 g/mol. The van der Waals surface area contributed by atoms with E-state index in [0.717, 1.165) is 74.5 Å². The van der Waals surface area contributed by atoms with Gasteiger partial charge in [0.15, 0.2) is 5.58 Å². The van der Waals surface area contributed by atoms with Gasteiger partial charge in [-0.15, -0.1) is 11.3 Å². The first-order valence-corrected chi connectivity index (χ1v) is 25.4. The van der Waals surface area contributed by atoms with Crippen molar-refractivity contribution >= 4 is 101 Å². The van der Waals surface area contributed by atoms with Crippen LogP contribution in [0.3, 0.4) is 0 Å². The number of hydrogen-bond donors (Lipinski definition) is 0. The molecule has 0 spiro atoms. The second kappa shape index (κ2) is 15.3. The molecular formula is C60H57ClN2OS2. The second-order valence-corrected chi connectivity index (χ2v) is 23.9. The summed E-state index contributed by atoms with van der Waals surface area (Å²) in [6.45, 7) is 23.4. The van der Waals surface area contributed by atoms with Crippen molar-refractivity contribution in [1.82, 2.24) is 0 Å². The maximum atomic E-state index is 8.21. The summed E-state index contributed by atoms with van der Waals surface area (Å²) in [5, 5.41) is 6.38. The van der Waals surface area contributed by atoms with Crippen LogP contribution in [0.1, 0.15) is 109 Å². The summed E-state index contributed by atoms with van der Waals surface area (Å²) in [5.41, 5.74) is 15.5. The van der Waals surface area contributed by atoms with Crippen molar-refractivity contribution in [2.24, 2.45) is 0 Å². The molecule has 0 saturated heterocycles. The Morgan fingerprint density at radius 2 is 1.20 bits per heavy atom. The molecule has 66 heavy (non-hydrogen) atoms. The summed E-state index contributed by atoms with van der Waals surface area (Å²) in [4.78, 5) is 7.32. The van der Waals surface area contributed by atoms with E-state index in [-0.39, 0.29) is 21.7 Å². The standard InChI is InChI=1S/C60H57ClN2OS2/c1-36-30-48(62(47-19-15-17-41-40-16-11-13-20-51(40)64-56(41)47)39-24-26-45-54(34-39)66-53-21-14-12-18-44(53)60(45,9)10)55(61)49(31-36)63(50-35-65-52-27-22-37(32-42(50)52)57(2,3)4)38-23-25-43-46(33-38)59(7,8)29-28-58(43,5)6/h11-27,30-35H,28-29H2,1-10H3. The number of hydrogen-bond acceptors (Lipinski definition) is 5. The summed E-state index contributed by atoms with van der Waals surface area (Å²) in [7, 11) is 0. The number of rotatable bonds is 6. The lowest BCUT2D eigenvalue weighted by atomic mass is 9.63. The SMILES string of the molecule is Cc1cc(N(c2ccc3c(c2)C(C)(C)CCC3(C)C)c2csc3ccc(C(C)(C)C)cc23)c(Cl)c(N(c2ccc3c(c2)Sc2ccccc2C3(C)C)c2cccc3c2oc2ccccc23)c1. The molecule has 0 fully saturated rings. The highest BCUT2D eigenvalue weighted by Gasteiger charge is 2.39. The molecule has 11 rings (SSSR count). The van der Waals surface area contributed by atoms with Gasteiger partial charge in [-0.3, -0.25) is 0 Å². The Bertz CT molecular complexity index is 3420. The summed E-state index contributed by atoms with van der Waals surface area (Å²) in [5.74, 6) is 0. The van der Waals surface area contributed by atoms with Gasteiger partial charge in [0.1, 0.15) is 5.58 Å². The van der Waals surface area contributed by atoms with Gasteiger partial charge in [0.2, 0.25) is 0 Å². The van der Waals surface area contributed by atoms with E-state index in [1.165, 1.54) is 47.7 Å². The highest BCUT2D eigenvalue weighted by atomic mass is 35.5. The normalized spacial score (nSPS) is 16.0. The molecule has 0 amide bonds. The van der Waals surface area contributed by atoms with E-state index >= 15 is 0 Å². The molecule has 3 heterocycles. The van der Waals surface area contributed by atoms with Crippen LogP contribution in [0.25, 0.3) is 32.0 Å². The van der Waals surface area contributed by atoms with E-state index < -0.39 is 0 Å². The van der Waals surface area contributed by atoms with Crippen LogP contribution in [0, 0.1) is 6.92 Å². The largest absolute Gasteiger partial charge is 0.454 e. The van der Waals surface area contributed by atoms with E-state index in [1.54, 1.807) is 11.3 Å². The van der Waals surface area contributed by atoms with Crippen LogP contribution in [0.5, 0.6) is 0 Å². The molecule has 7 aromatic carbocycles. The summed E-state index contributed by atoms with van der Waals surface area (Å²) in [6, 6.07) is 49.4. The second-order valence-electron chi connectivity index (χ2n) is 21.5. The molecule has 3 nitrogen and oxygen atoms in total. The molecule has 0 unspecified atom stereocenters. The van der Waals surface area contributed by atoms with Gasteiger partial charge in [-0.1, -0.05) is 152 Å². The van der Waals surface area contributed by atoms with Crippen molar-refractivity contribution in [1.29, 1.82) is 0 Å². The van der Waals surface area contributed by atoms with Crippen LogP contribution >= 0.6 is 34.7 Å². The molecule has 2 aromatic heterocycles. The average Bonchev–Trinajstić information content (AvgIpc) is 3.88. The highest BCUT2D eigenvalue weighted by molar-refractivity contribution is 7.99. The Balaban J connectivity index is 1.18. The van der Waals surface area contributed by atoms with Crippen LogP contribution in [0.15, 0.2) is 153 Å². The molecule has 9 aromatic rings. The first-order chi connectivity index (χ1) is 31.4. The van der Waals surface area contributed by atoms with Crippen LogP contribution in [0.2, 0.25) is 5.02 Å². The maximum absolute atomic E-state index is 8.21. The molecule has 0 saturated carbocycles. The van der Waals surface area contributed by atoms with Gasteiger partial charge in [0.05, 0.1) is 27.8 Å². The zero-order valence-electron chi connectivity index (χ0n) is 39.7. The minimum Gasteiger partial charge on any atom is -0.454 e. The summed E-state index contributed by atoms with van der Waals surface area (Å²) >= 11 is 11.9. The third-order valence-corrected chi connectivity index (χ3v) is 17.2. The molecule has 0 bridgehead atoms. The lowest BCUT2D eigenvalue weighted by Crippen LogP contribution is -2.34. The first-order valence-electron chi connectivity index (χ1n) is 23.3. The fraction of sp³-hybridized carbons (Fsp3) is 0.267. The summed E-state index contributed by atoms with van der Waals surface area (Å²) in [6.07, 6.45) is 2.29. The van der Waals surface area contributed by atoms with Crippen molar-refractivity contribution in [3.8, 4) is 0 Å². The van der Waals surface area contributed by atoms with Crippen molar-refractivity contribution in [2.45, 2.75) is 114 Å². The molecule has 0 N–H and O–H groups in total. The Morgan fingerprint density at radius 1 is 0.561 bits per heavy atom. The third-order valence-electron chi connectivity index (χ3n) is 14.7. The quantitative estimate of drug-likeness (QED) is 0.165. The van der Waals surface area contributed by atoms with E-state index in [2.05, 4.69) is 212 Å². The average molecular weight is 922 g/mol. The predicted octanol–water partition coefficient (Wildman–Crippen LogP) is 19.1. The van der Waals surface area contributed by atoms with Crippen molar-refractivity contribution in [2.75, 3.05) is 9.80 Å². The van der Waals surface area contributed by atoms with Crippen LogP contribution in [0.4, 0.5) is 34.1 Å². The minimum atomic E-state index is -0.164. The van der Waals surface area contributed by atoms with Gasteiger partial charge < -0.3 is 14.2 Å². The molecule has 0 radical (unpaired) electrons. The van der Waals surface area contributed by atoms with Crippen molar-refractivity contribution in [3.63, 3.8) is 0 Å². The number of thiophene rings is 1. The zero-order valence-corrected chi connectivity index (χ0v) is 42.1. The number of fused-ring (bicyclic) bond motifs is 7. The van der Waals surface area contributed by atoms with Gasteiger partial charge in [-0.25, -0.2) is 0 Å². The predicted molar refractivity (Wildman–Crippen MR) is 285 cm³/mol. The Labute approximate surface area is 403 Å². The van der Waals surface area contributed by atoms with Gasteiger partial charge >= 0.3 is 0 Å². The maximum Gasteiger partial charge on any atom is 0.159 e. The van der Waals surface area contributed by atoms with Gasteiger partial charge in [0, 0.05) is 52.8 Å².